The van der Waals surface area contributed by atoms with E-state index < -0.39 is 45.2 Å². The lowest BCUT2D eigenvalue weighted by Crippen LogP contribution is -2.16. The van der Waals surface area contributed by atoms with Gasteiger partial charge in [-0.2, -0.15) is 0 Å². The molecular weight excluding hydrogens is 289 g/mol. The second kappa shape index (κ2) is 5.61. The third kappa shape index (κ3) is 2.99. The molecule has 8 heteroatoms. The van der Waals surface area contributed by atoms with E-state index in [1.54, 1.807) is 0 Å². The summed E-state index contributed by atoms with van der Waals surface area (Å²) in [7, 11) is 0. The van der Waals surface area contributed by atoms with Gasteiger partial charge in [-0.05, 0) is 24.3 Å². The van der Waals surface area contributed by atoms with E-state index in [0.717, 1.165) is 30.3 Å². The van der Waals surface area contributed by atoms with Crippen LogP contribution in [0.25, 0.3) is 0 Å². The van der Waals surface area contributed by atoms with Crippen molar-refractivity contribution in [2.45, 2.75) is 0 Å². The fraction of sp³-hybridized carbons (Fsp3) is 0. The molecule has 1 amide bonds. The van der Waals surface area contributed by atoms with Crippen LogP contribution in [0.2, 0.25) is 0 Å². The zero-order valence-corrected chi connectivity index (χ0v) is 10.3. The van der Waals surface area contributed by atoms with Gasteiger partial charge in [-0.1, -0.05) is 6.07 Å². The second-order valence-electron chi connectivity index (χ2n) is 3.97. The molecule has 0 radical (unpaired) electrons. The summed E-state index contributed by atoms with van der Waals surface area (Å²) in [6.45, 7) is 0. The number of nitrogens with zero attached hydrogens (tertiary/aromatic N) is 1. The maximum atomic E-state index is 13.4. The summed E-state index contributed by atoms with van der Waals surface area (Å²) in [6, 6.07) is 5.11. The van der Waals surface area contributed by atoms with E-state index in [0.29, 0.717) is 6.07 Å². The van der Waals surface area contributed by atoms with Crippen molar-refractivity contribution >= 4 is 17.3 Å². The van der Waals surface area contributed by atoms with E-state index in [1.807, 2.05) is 5.32 Å². The van der Waals surface area contributed by atoms with Gasteiger partial charge < -0.3 is 5.32 Å². The van der Waals surface area contributed by atoms with Crippen LogP contribution in [-0.4, -0.2) is 10.8 Å². The molecule has 2 rings (SSSR count). The number of carbonyl (C=O) groups excluding carboxylic acids is 1. The zero-order chi connectivity index (χ0) is 15.6. The average Bonchev–Trinajstić information content (AvgIpc) is 2.42. The van der Waals surface area contributed by atoms with E-state index >= 15 is 0 Å². The highest BCUT2D eigenvalue weighted by Gasteiger charge is 2.22. The molecule has 0 unspecified atom stereocenters. The highest BCUT2D eigenvalue weighted by Crippen LogP contribution is 2.23. The largest absolute Gasteiger partial charge is 0.317 e. The first kappa shape index (κ1) is 14.5. The summed E-state index contributed by atoms with van der Waals surface area (Å²) >= 11 is 0. The van der Waals surface area contributed by atoms with Crippen molar-refractivity contribution in [2.24, 2.45) is 0 Å². The summed E-state index contributed by atoms with van der Waals surface area (Å²) in [6.07, 6.45) is 0. The lowest BCUT2D eigenvalue weighted by molar-refractivity contribution is -0.385. The average molecular weight is 296 g/mol. The lowest BCUT2D eigenvalue weighted by atomic mass is 10.1. The van der Waals surface area contributed by atoms with Crippen molar-refractivity contribution < 1.29 is 22.9 Å². The normalized spacial score (nSPS) is 10.2. The predicted octanol–water partition coefficient (Wildman–Crippen LogP) is 3.26. The summed E-state index contributed by atoms with van der Waals surface area (Å²) in [5.74, 6) is -4.19. The summed E-state index contributed by atoms with van der Waals surface area (Å²) in [5.41, 5.74) is -2.07. The Morgan fingerprint density at radius 2 is 1.71 bits per heavy atom. The number of rotatable bonds is 3. The Morgan fingerprint density at radius 1 is 1.10 bits per heavy atom. The molecule has 0 aliphatic rings. The van der Waals surface area contributed by atoms with Crippen molar-refractivity contribution in [3.63, 3.8) is 0 Å². The fourth-order valence-corrected chi connectivity index (χ4v) is 1.65. The molecule has 0 saturated heterocycles. The van der Waals surface area contributed by atoms with Gasteiger partial charge in [0.15, 0.2) is 0 Å². The second-order valence-corrected chi connectivity index (χ2v) is 3.97. The van der Waals surface area contributed by atoms with Gasteiger partial charge in [0.2, 0.25) is 0 Å². The first-order valence-corrected chi connectivity index (χ1v) is 5.59. The number of amides is 1. The lowest BCUT2D eigenvalue weighted by Gasteiger charge is -2.08. The van der Waals surface area contributed by atoms with Gasteiger partial charge in [-0.25, -0.2) is 13.2 Å². The van der Waals surface area contributed by atoms with Crippen LogP contribution in [0.3, 0.4) is 0 Å². The van der Waals surface area contributed by atoms with E-state index in [2.05, 4.69) is 0 Å². The van der Waals surface area contributed by atoms with Gasteiger partial charge in [0.25, 0.3) is 11.6 Å². The number of carbonyl (C=O) groups is 1. The molecular formula is C13H7F3N2O3. The van der Waals surface area contributed by atoms with Crippen LogP contribution >= 0.6 is 0 Å². The Morgan fingerprint density at radius 3 is 2.29 bits per heavy atom. The molecule has 0 aliphatic heterocycles. The minimum atomic E-state index is -1.19. The summed E-state index contributed by atoms with van der Waals surface area (Å²) in [4.78, 5) is 21.8. The summed E-state index contributed by atoms with van der Waals surface area (Å²) in [5, 5.41) is 12.6. The Bertz CT molecular complexity index is 714. The molecule has 0 fully saturated rings. The van der Waals surface area contributed by atoms with Crippen molar-refractivity contribution in [1.29, 1.82) is 0 Å². The molecule has 2 aromatic rings. The molecule has 1 N–H and O–H groups in total. The molecule has 0 aromatic heterocycles. The minimum Gasteiger partial charge on any atom is -0.317 e. The van der Waals surface area contributed by atoms with Crippen molar-refractivity contribution in [3.8, 4) is 0 Å². The van der Waals surface area contributed by atoms with Gasteiger partial charge in [0, 0.05) is 6.07 Å². The molecule has 0 bridgehead atoms. The molecule has 5 nitrogen and oxygen atoms in total. The Labute approximate surface area is 116 Å². The van der Waals surface area contributed by atoms with Crippen molar-refractivity contribution in [3.05, 3.63) is 69.5 Å². The number of hydrogen-bond donors (Lipinski definition) is 1. The predicted molar refractivity (Wildman–Crippen MR) is 67.4 cm³/mol. The number of nitro benzene ring substituents is 1. The van der Waals surface area contributed by atoms with Crippen molar-refractivity contribution in [2.75, 3.05) is 5.32 Å². The number of halogens is 3. The quantitative estimate of drug-likeness (QED) is 0.698. The number of para-hydroxylation sites is 1. The Balaban J connectivity index is 2.41. The van der Waals surface area contributed by atoms with E-state index in [9.17, 15) is 28.1 Å². The van der Waals surface area contributed by atoms with Gasteiger partial charge in [-0.15, -0.1) is 0 Å². The first-order chi connectivity index (χ1) is 9.90. The van der Waals surface area contributed by atoms with Crippen LogP contribution < -0.4 is 5.32 Å². The molecule has 21 heavy (non-hydrogen) atoms. The van der Waals surface area contributed by atoms with Gasteiger partial charge >= 0.3 is 0 Å². The third-order valence-corrected chi connectivity index (χ3v) is 2.60. The number of anilines is 1. The molecule has 108 valence electrons. The molecule has 0 atom stereocenters. The zero-order valence-electron chi connectivity index (χ0n) is 10.3. The maximum absolute atomic E-state index is 13.4. The highest BCUT2D eigenvalue weighted by atomic mass is 19.1. The molecule has 0 saturated carbocycles. The molecule has 0 spiro atoms. The number of nitrogens with one attached hydrogen (secondary N) is 1. The first-order valence-electron chi connectivity index (χ1n) is 5.59. The van der Waals surface area contributed by atoms with Crippen molar-refractivity contribution in [1.82, 2.24) is 0 Å². The third-order valence-electron chi connectivity index (χ3n) is 2.60. The van der Waals surface area contributed by atoms with Gasteiger partial charge in [0.05, 0.1) is 4.92 Å². The maximum Gasteiger partial charge on any atom is 0.282 e. The monoisotopic (exact) mass is 296 g/mol. The topological polar surface area (TPSA) is 72.2 Å². The van der Waals surface area contributed by atoms with Crippen LogP contribution in [0.1, 0.15) is 10.4 Å². The summed E-state index contributed by atoms with van der Waals surface area (Å²) < 4.78 is 39.9. The van der Waals surface area contributed by atoms with Gasteiger partial charge in [-0.3, -0.25) is 14.9 Å². The van der Waals surface area contributed by atoms with Crippen LogP contribution in [0.15, 0.2) is 36.4 Å². The van der Waals surface area contributed by atoms with Crippen LogP contribution in [0.4, 0.5) is 24.5 Å². The Kier molecular flexibility index (Phi) is 3.88. The van der Waals surface area contributed by atoms with Crippen LogP contribution in [0.5, 0.6) is 0 Å². The highest BCUT2D eigenvalue weighted by molar-refractivity contribution is 6.07. The number of benzene rings is 2. The van der Waals surface area contributed by atoms with Gasteiger partial charge in [0.1, 0.15) is 28.7 Å². The Hall–Kier alpha value is -2.90. The van der Waals surface area contributed by atoms with E-state index in [-0.39, 0.29) is 0 Å². The standard InChI is InChI=1S/C13H7F3N2O3/c14-7-4-5-11(18(20)21)8(6-7)13(19)17-12-9(15)2-1-3-10(12)16/h1-6H,(H,17,19). The number of hydrogen-bond acceptors (Lipinski definition) is 3. The molecule has 2 aromatic carbocycles. The van der Waals surface area contributed by atoms with Crippen LogP contribution in [0, 0.1) is 27.6 Å². The SMILES string of the molecule is O=C(Nc1c(F)cccc1F)c1cc(F)ccc1[N+](=O)[O-]. The van der Waals surface area contributed by atoms with E-state index in [1.165, 1.54) is 0 Å². The van der Waals surface area contributed by atoms with Crippen LogP contribution in [-0.2, 0) is 0 Å². The number of nitro groups is 1. The minimum absolute atomic E-state index is 0.617. The van der Waals surface area contributed by atoms with E-state index in [4.69, 9.17) is 0 Å². The fourth-order valence-electron chi connectivity index (χ4n) is 1.65. The molecule has 0 aliphatic carbocycles. The molecule has 0 heterocycles. The smallest absolute Gasteiger partial charge is 0.282 e.